The van der Waals surface area contributed by atoms with Gasteiger partial charge < -0.3 is 15.4 Å². The second-order valence-corrected chi connectivity index (χ2v) is 6.09. The van der Waals surface area contributed by atoms with Crippen molar-refractivity contribution in [2.24, 2.45) is 0 Å². The third-order valence-corrected chi connectivity index (χ3v) is 2.91. The van der Waals surface area contributed by atoms with Crippen LogP contribution in [0.3, 0.4) is 0 Å². The van der Waals surface area contributed by atoms with Gasteiger partial charge in [0.1, 0.15) is 17.2 Å². The molecule has 6 heteroatoms. The predicted molar refractivity (Wildman–Crippen MR) is 81.6 cm³/mol. The second kappa shape index (κ2) is 8.08. The van der Waals surface area contributed by atoms with Gasteiger partial charge in [0.25, 0.3) is 0 Å². The summed E-state index contributed by atoms with van der Waals surface area (Å²) in [7, 11) is 0. The molecule has 0 heterocycles. The number of halogens is 2. The summed E-state index contributed by atoms with van der Waals surface area (Å²) < 4.78 is 32.3. The number of nitrogens with one attached hydrogen (secondary N) is 2. The highest BCUT2D eigenvalue weighted by Gasteiger charge is 2.16. The van der Waals surface area contributed by atoms with Crippen LogP contribution >= 0.6 is 0 Å². The molecule has 0 aromatic heterocycles. The molecule has 1 atom stereocenters. The van der Waals surface area contributed by atoms with Crippen molar-refractivity contribution in [2.45, 2.75) is 45.8 Å². The van der Waals surface area contributed by atoms with Crippen molar-refractivity contribution in [3.05, 3.63) is 35.4 Å². The van der Waals surface area contributed by atoms with Gasteiger partial charge in [0.2, 0.25) is 0 Å². The van der Waals surface area contributed by atoms with Crippen molar-refractivity contribution in [1.29, 1.82) is 0 Å². The zero-order chi connectivity index (χ0) is 16.8. The fourth-order valence-electron chi connectivity index (χ4n) is 1.94. The molecule has 124 valence electrons. The van der Waals surface area contributed by atoms with Crippen LogP contribution in [-0.4, -0.2) is 24.8 Å². The standard InChI is InChI=1S/C16H24F2N2O2/c1-11(14-12(17)7-5-8-13(14)18)19-9-6-10-20-15(21)22-16(2,3)4/h5,7-8,11,19H,6,9-10H2,1-4H3,(H,20,21). The van der Waals surface area contributed by atoms with Gasteiger partial charge >= 0.3 is 6.09 Å². The molecule has 0 aliphatic heterocycles. The minimum atomic E-state index is -0.563. The normalized spacial score (nSPS) is 12.8. The van der Waals surface area contributed by atoms with E-state index in [0.717, 1.165) is 0 Å². The highest BCUT2D eigenvalue weighted by molar-refractivity contribution is 5.67. The first-order chi connectivity index (χ1) is 10.2. The maximum absolute atomic E-state index is 13.6. The van der Waals surface area contributed by atoms with E-state index in [4.69, 9.17) is 4.74 Å². The number of hydrogen-bond donors (Lipinski definition) is 2. The molecule has 0 radical (unpaired) electrons. The summed E-state index contributed by atoms with van der Waals surface area (Å²) in [6.07, 6.45) is 0.153. The smallest absolute Gasteiger partial charge is 0.407 e. The zero-order valence-electron chi connectivity index (χ0n) is 13.5. The average molecular weight is 314 g/mol. The Labute approximate surface area is 130 Å². The summed E-state index contributed by atoms with van der Waals surface area (Å²) >= 11 is 0. The number of amides is 1. The van der Waals surface area contributed by atoms with E-state index in [1.807, 2.05) is 0 Å². The van der Waals surface area contributed by atoms with Crippen molar-refractivity contribution in [2.75, 3.05) is 13.1 Å². The third-order valence-electron chi connectivity index (χ3n) is 2.91. The van der Waals surface area contributed by atoms with Crippen molar-refractivity contribution >= 4 is 6.09 Å². The van der Waals surface area contributed by atoms with Gasteiger partial charge in [-0.25, -0.2) is 13.6 Å². The molecule has 1 unspecified atom stereocenters. The topological polar surface area (TPSA) is 50.4 Å². The largest absolute Gasteiger partial charge is 0.444 e. The molecule has 1 aromatic carbocycles. The average Bonchev–Trinajstić information content (AvgIpc) is 2.35. The number of ether oxygens (including phenoxy) is 1. The molecule has 22 heavy (non-hydrogen) atoms. The first kappa shape index (κ1) is 18.4. The Morgan fingerprint density at radius 3 is 2.36 bits per heavy atom. The Morgan fingerprint density at radius 2 is 1.82 bits per heavy atom. The minimum absolute atomic E-state index is 0.0302. The third kappa shape index (κ3) is 6.39. The van der Waals surface area contributed by atoms with Crippen LogP contribution < -0.4 is 10.6 Å². The quantitative estimate of drug-likeness (QED) is 0.790. The lowest BCUT2D eigenvalue weighted by Gasteiger charge is -2.20. The number of carbonyl (C=O) groups is 1. The van der Waals surface area contributed by atoms with E-state index in [9.17, 15) is 13.6 Å². The van der Waals surface area contributed by atoms with Gasteiger partial charge in [-0.3, -0.25) is 0 Å². The molecule has 1 amide bonds. The van der Waals surface area contributed by atoms with Crippen LogP contribution in [0.5, 0.6) is 0 Å². The molecule has 0 aliphatic carbocycles. The van der Waals surface area contributed by atoms with E-state index in [-0.39, 0.29) is 5.56 Å². The minimum Gasteiger partial charge on any atom is -0.444 e. The highest BCUT2D eigenvalue weighted by Crippen LogP contribution is 2.19. The van der Waals surface area contributed by atoms with Crippen molar-refractivity contribution in [3.63, 3.8) is 0 Å². The lowest BCUT2D eigenvalue weighted by molar-refractivity contribution is 0.0527. The van der Waals surface area contributed by atoms with E-state index in [0.29, 0.717) is 19.5 Å². The Morgan fingerprint density at radius 1 is 1.23 bits per heavy atom. The lowest BCUT2D eigenvalue weighted by Crippen LogP contribution is -2.34. The molecular formula is C16H24F2N2O2. The van der Waals surface area contributed by atoms with Gasteiger partial charge in [0.15, 0.2) is 0 Å². The second-order valence-electron chi connectivity index (χ2n) is 6.09. The summed E-state index contributed by atoms with van der Waals surface area (Å²) in [5.41, 5.74) is -0.498. The summed E-state index contributed by atoms with van der Waals surface area (Å²) in [5, 5.41) is 5.66. The van der Waals surface area contributed by atoms with Gasteiger partial charge in [-0.05, 0) is 52.8 Å². The molecule has 1 rings (SSSR count). The first-order valence-corrected chi connectivity index (χ1v) is 7.35. The zero-order valence-corrected chi connectivity index (χ0v) is 13.5. The summed E-state index contributed by atoms with van der Waals surface area (Å²) in [6.45, 7) is 8.01. The highest BCUT2D eigenvalue weighted by atomic mass is 19.1. The molecule has 1 aromatic rings. The Balaban J connectivity index is 2.29. The summed E-state index contributed by atoms with van der Waals surface area (Å²) in [5.74, 6) is -1.13. The van der Waals surface area contributed by atoms with E-state index < -0.39 is 29.4 Å². The van der Waals surface area contributed by atoms with Crippen LogP contribution in [0, 0.1) is 11.6 Å². The number of rotatable bonds is 6. The maximum atomic E-state index is 13.6. The van der Waals surface area contributed by atoms with Crippen molar-refractivity contribution in [1.82, 2.24) is 10.6 Å². The monoisotopic (exact) mass is 314 g/mol. The molecule has 4 nitrogen and oxygen atoms in total. The van der Waals surface area contributed by atoms with Crippen LogP contribution in [0.15, 0.2) is 18.2 Å². The van der Waals surface area contributed by atoms with E-state index in [1.54, 1.807) is 27.7 Å². The molecule has 0 fully saturated rings. The predicted octanol–water partition coefficient (Wildman–Crippen LogP) is 3.53. The lowest BCUT2D eigenvalue weighted by atomic mass is 10.1. The Kier molecular flexibility index (Phi) is 6.74. The molecule has 0 aliphatic rings. The van der Waals surface area contributed by atoms with Crippen LogP contribution in [0.1, 0.15) is 45.7 Å². The molecule has 0 bridgehead atoms. The van der Waals surface area contributed by atoms with Gasteiger partial charge in [-0.1, -0.05) is 6.07 Å². The molecule has 0 saturated heterocycles. The molecular weight excluding hydrogens is 290 g/mol. The van der Waals surface area contributed by atoms with Gasteiger partial charge in [-0.2, -0.15) is 0 Å². The van der Waals surface area contributed by atoms with Gasteiger partial charge in [-0.15, -0.1) is 0 Å². The van der Waals surface area contributed by atoms with Crippen LogP contribution in [0.25, 0.3) is 0 Å². The van der Waals surface area contributed by atoms with Crippen molar-refractivity contribution in [3.8, 4) is 0 Å². The molecule has 0 saturated carbocycles. The van der Waals surface area contributed by atoms with Gasteiger partial charge in [0.05, 0.1) is 0 Å². The van der Waals surface area contributed by atoms with E-state index in [2.05, 4.69) is 10.6 Å². The van der Waals surface area contributed by atoms with Crippen molar-refractivity contribution < 1.29 is 18.3 Å². The summed E-state index contributed by atoms with van der Waals surface area (Å²) in [6, 6.07) is 3.37. The van der Waals surface area contributed by atoms with Crippen LogP contribution in [-0.2, 0) is 4.74 Å². The SMILES string of the molecule is CC(NCCCNC(=O)OC(C)(C)C)c1c(F)cccc1F. The number of alkyl carbamates (subject to hydrolysis) is 1. The Hall–Kier alpha value is -1.69. The number of carbonyl (C=O) groups excluding carboxylic acids is 1. The van der Waals surface area contributed by atoms with Crippen LogP contribution in [0.4, 0.5) is 13.6 Å². The molecule has 0 spiro atoms. The molecule has 2 N–H and O–H groups in total. The van der Waals surface area contributed by atoms with Gasteiger partial charge in [0, 0.05) is 18.2 Å². The Bertz CT molecular complexity index is 481. The number of hydrogen-bond acceptors (Lipinski definition) is 3. The van der Waals surface area contributed by atoms with Crippen LogP contribution in [0.2, 0.25) is 0 Å². The number of benzene rings is 1. The first-order valence-electron chi connectivity index (χ1n) is 7.35. The van der Waals surface area contributed by atoms with E-state index >= 15 is 0 Å². The maximum Gasteiger partial charge on any atom is 0.407 e. The summed E-state index contributed by atoms with van der Waals surface area (Å²) in [4.78, 5) is 11.4. The fourth-order valence-corrected chi connectivity index (χ4v) is 1.94. The van der Waals surface area contributed by atoms with E-state index in [1.165, 1.54) is 18.2 Å². The fraction of sp³-hybridized carbons (Fsp3) is 0.562.